The fourth-order valence-electron chi connectivity index (χ4n) is 2.40. The van der Waals surface area contributed by atoms with Crippen LogP contribution in [-0.2, 0) is 4.74 Å². The lowest BCUT2D eigenvalue weighted by Gasteiger charge is -2.27. The number of likely N-dealkylation sites (N-methyl/N-ethyl adjacent to an activating group) is 1. The van der Waals surface area contributed by atoms with Crippen molar-refractivity contribution in [2.75, 3.05) is 19.6 Å². The topological polar surface area (TPSA) is 24.5 Å². The van der Waals surface area contributed by atoms with Crippen LogP contribution in [0.1, 0.15) is 47.5 Å². The number of rotatable bonds is 7. The van der Waals surface area contributed by atoms with E-state index in [1.54, 1.807) is 0 Å². The number of nitrogens with one attached hydrogen (secondary N) is 1. The van der Waals surface area contributed by atoms with Crippen LogP contribution in [0, 0.1) is 0 Å². The zero-order valence-electron chi connectivity index (χ0n) is 12.2. The van der Waals surface area contributed by atoms with Gasteiger partial charge in [-0.3, -0.25) is 4.90 Å². The van der Waals surface area contributed by atoms with Gasteiger partial charge in [0.2, 0.25) is 0 Å². The van der Waals surface area contributed by atoms with Gasteiger partial charge in [0, 0.05) is 25.2 Å². The van der Waals surface area contributed by atoms with E-state index in [1.165, 1.54) is 12.8 Å². The molecule has 0 aliphatic carbocycles. The average molecular weight is 242 g/mol. The first kappa shape index (κ1) is 14.9. The lowest BCUT2D eigenvalue weighted by atomic mass is 10.1. The van der Waals surface area contributed by atoms with Crippen molar-refractivity contribution in [3.05, 3.63) is 0 Å². The third kappa shape index (κ3) is 5.36. The highest BCUT2D eigenvalue weighted by Crippen LogP contribution is 2.20. The van der Waals surface area contributed by atoms with E-state index in [9.17, 15) is 0 Å². The van der Waals surface area contributed by atoms with E-state index in [2.05, 4.69) is 44.8 Å². The van der Waals surface area contributed by atoms with Gasteiger partial charge in [-0.25, -0.2) is 0 Å². The molecule has 0 aromatic heterocycles. The molecular formula is C14H30N2O. The summed E-state index contributed by atoms with van der Waals surface area (Å²) < 4.78 is 6.09. The molecule has 102 valence electrons. The fourth-order valence-corrected chi connectivity index (χ4v) is 2.40. The van der Waals surface area contributed by atoms with E-state index >= 15 is 0 Å². The van der Waals surface area contributed by atoms with Gasteiger partial charge in [-0.15, -0.1) is 0 Å². The van der Waals surface area contributed by atoms with Crippen molar-refractivity contribution in [1.29, 1.82) is 0 Å². The molecule has 1 aliphatic heterocycles. The number of ether oxygens (including phenoxy) is 1. The van der Waals surface area contributed by atoms with Gasteiger partial charge in [0.1, 0.15) is 0 Å². The first-order valence-electron chi connectivity index (χ1n) is 7.15. The van der Waals surface area contributed by atoms with E-state index in [0.717, 1.165) is 19.6 Å². The molecular weight excluding hydrogens is 212 g/mol. The van der Waals surface area contributed by atoms with Crippen LogP contribution in [-0.4, -0.2) is 48.8 Å². The van der Waals surface area contributed by atoms with Crippen LogP contribution in [0.2, 0.25) is 0 Å². The van der Waals surface area contributed by atoms with Crippen LogP contribution < -0.4 is 5.32 Å². The van der Waals surface area contributed by atoms with Crippen molar-refractivity contribution in [3.63, 3.8) is 0 Å². The minimum Gasteiger partial charge on any atom is -0.372 e. The summed E-state index contributed by atoms with van der Waals surface area (Å²) >= 11 is 0. The van der Waals surface area contributed by atoms with Crippen LogP contribution in [0.25, 0.3) is 0 Å². The maximum atomic E-state index is 6.09. The third-order valence-electron chi connectivity index (χ3n) is 3.52. The van der Waals surface area contributed by atoms with E-state index in [1.807, 2.05) is 0 Å². The molecule has 1 rings (SSSR count). The molecule has 0 radical (unpaired) electrons. The Morgan fingerprint density at radius 2 is 1.82 bits per heavy atom. The Hall–Kier alpha value is -0.120. The molecule has 0 saturated carbocycles. The van der Waals surface area contributed by atoms with Crippen molar-refractivity contribution in [2.24, 2.45) is 0 Å². The molecule has 0 bridgehead atoms. The van der Waals surface area contributed by atoms with Gasteiger partial charge >= 0.3 is 0 Å². The SMILES string of the molecule is CCN(CC1CCC(CNC(C)C)O1)C(C)C. The molecule has 1 heterocycles. The Morgan fingerprint density at radius 1 is 1.18 bits per heavy atom. The second-order valence-corrected chi connectivity index (χ2v) is 5.70. The number of hydrogen-bond acceptors (Lipinski definition) is 3. The normalized spacial score (nSPS) is 25.4. The van der Waals surface area contributed by atoms with Crippen molar-refractivity contribution in [2.45, 2.75) is 71.8 Å². The summed E-state index contributed by atoms with van der Waals surface area (Å²) in [6, 6.07) is 1.18. The Balaban J connectivity index is 2.25. The summed E-state index contributed by atoms with van der Waals surface area (Å²) in [5.74, 6) is 0. The highest BCUT2D eigenvalue weighted by molar-refractivity contribution is 4.79. The Bertz CT molecular complexity index is 206. The minimum atomic E-state index is 0.424. The van der Waals surface area contributed by atoms with Crippen LogP contribution in [0.15, 0.2) is 0 Å². The first-order valence-corrected chi connectivity index (χ1v) is 7.15. The summed E-state index contributed by atoms with van der Waals surface area (Å²) in [5.41, 5.74) is 0. The van der Waals surface area contributed by atoms with Gasteiger partial charge in [0.15, 0.2) is 0 Å². The summed E-state index contributed by atoms with van der Waals surface area (Å²) in [6.45, 7) is 14.3. The maximum Gasteiger partial charge on any atom is 0.0707 e. The minimum absolute atomic E-state index is 0.424. The number of nitrogens with zero attached hydrogens (tertiary/aromatic N) is 1. The van der Waals surface area contributed by atoms with E-state index in [0.29, 0.717) is 24.3 Å². The maximum absolute atomic E-state index is 6.09. The second-order valence-electron chi connectivity index (χ2n) is 5.70. The molecule has 0 spiro atoms. The van der Waals surface area contributed by atoms with Crippen LogP contribution in [0.4, 0.5) is 0 Å². The van der Waals surface area contributed by atoms with Gasteiger partial charge < -0.3 is 10.1 Å². The van der Waals surface area contributed by atoms with Crippen molar-refractivity contribution >= 4 is 0 Å². The average Bonchev–Trinajstić information content (AvgIpc) is 2.70. The predicted molar refractivity (Wildman–Crippen MR) is 73.4 cm³/mol. The molecule has 1 fully saturated rings. The van der Waals surface area contributed by atoms with E-state index in [4.69, 9.17) is 4.74 Å². The molecule has 0 aromatic carbocycles. The number of hydrogen-bond donors (Lipinski definition) is 1. The Labute approximate surface area is 107 Å². The molecule has 3 nitrogen and oxygen atoms in total. The van der Waals surface area contributed by atoms with Crippen molar-refractivity contribution in [3.8, 4) is 0 Å². The zero-order valence-corrected chi connectivity index (χ0v) is 12.2. The lowest BCUT2D eigenvalue weighted by Crippen LogP contribution is -2.38. The standard InChI is InChI=1S/C14H30N2O/c1-6-16(12(4)5)10-14-8-7-13(17-14)9-15-11(2)3/h11-15H,6-10H2,1-5H3. The van der Waals surface area contributed by atoms with E-state index in [-0.39, 0.29) is 0 Å². The smallest absolute Gasteiger partial charge is 0.0707 e. The monoisotopic (exact) mass is 242 g/mol. The van der Waals surface area contributed by atoms with Gasteiger partial charge in [-0.2, -0.15) is 0 Å². The third-order valence-corrected chi connectivity index (χ3v) is 3.52. The first-order chi connectivity index (χ1) is 8.02. The van der Waals surface area contributed by atoms with Crippen LogP contribution in [0.5, 0.6) is 0 Å². The highest BCUT2D eigenvalue weighted by Gasteiger charge is 2.26. The van der Waals surface area contributed by atoms with Gasteiger partial charge in [0.05, 0.1) is 12.2 Å². The molecule has 1 saturated heterocycles. The lowest BCUT2D eigenvalue weighted by molar-refractivity contribution is 0.0178. The summed E-state index contributed by atoms with van der Waals surface area (Å²) in [4.78, 5) is 2.49. The quantitative estimate of drug-likeness (QED) is 0.741. The molecule has 0 aromatic rings. The molecule has 2 unspecified atom stereocenters. The zero-order chi connectivity index (χ0) is 12.8. The molecule has 17 heavy (non-hydrogen) atoms. The largest absolute Gasteiger partial charge is 0.372 e. The van der Waals surface area contributed by atoms with Crippen LogP contribution in [0.3, 0.4) is 0 Å². The Morgan fingerprint density at radius 3 is 2.35 bits per heavy atom. The van der Waals surface area contributed by atoms with Crippen molar-refractivity contribution < 1.29 is 4.74 Å². The fraction of sp³-hybridized carbons (Fsp3) is 1.00. The highest BCUT2D eigenvalue weighted by atomic mass is 16.5. The molecule has 2 atom stereocenters. The summed E-state index contributed by atoms with van der Waals surface area (Å²) in [5, 5.41) is 3.46. The Kier molecular flexibility index (Phi) is 6.45. The molecule has 3 heteroatoms. The second kappa shape index (κ2) is 7.34. The van der Waals surface area contributed by atoms with Crippen LogP contribution >= 0.6 is 0 Å². The predicted octanol–water partition coefficient (Wildman–Crippen LogP) is 2.26. The van der Waals surface area contributed by atoms with Gasteiger partial charge in [0.25, 0.3) is 0 Å². The molecule has 1 aliphatic rings. The van der Waals surface area contributed by atoms with E-state index < -0.39 is 0 Å². The van der Waals surface area contributed by atoms with Gasteiger partial charge in [-0.1, -0.05) is 20.8 Å². The van der Waals surface area contributed by atoms with Gasteiger partial charge in [-0.05, 0) is 33.2 Å². The molecule has 0 amide bonds. The molecule has 1 N–H and O–H groups in total. The summed E-state index contributed by atoms with van der Waals surface area (Å²) in [6.07, 6.45) is 3.29. The summed E-state index contributed by atoms with van der Waals surface area (Å²) in [7, 11) is 0. The van der Waals surface area contributed by atoms with Crippen molar-refractivity contribution in [1.82, 2.24) is 10.2 Å².